The topological polar surface area (TPSA) is 55.4 Å². The summed E-state index contributed by atoms with van der Waals surface area (Å²) in [6.07, 6.45) is 0. The number of nitrogens with one attached hydrogen (secondary N) is 1. The maximum absolute atomic E-state index is 12.6. The van der Waals surface area contributed by atoms with Gasteiger partial charge < -0.3 is 4.74 Å². The summed E-state index contributed by atoms with van der Waals surface area (Å²) in [6.45, 7) is 1.74. The molecule has 118 valence electrons. The van der Waals surface area contributed by atoms with Gasteiger partial charge in [0.1, 0.15) is 10.6 Å². The second-order valence-electron chi connectivity index (χ2n) is 4.66. The fraction of sp³-hybridized carbons (Fsp3) is 0.200. The van der Waals surface area contributed by atoms with Crippen molar-refractivity contribution in [2.24, 2.45) is 0 Å². The first-order chi connectivity index (χ1) is 10.3. The van der Waals surface area contributed by atoms with Gasteiger partial charge in [0.25, 0.3) is 0 Å². The van der Waals surface area contributed by atoms with Crippen molar-refractivity contribution < 1.29 is 13.2 Å². The first-order valence-corrected chi connectivity index (χ1v) is 9.11. The summed E-state index contributed by atoms with van der Waals surface area (Å²) in [5.74, 6) is 0.280. The van der Waals surface area contributed by atoms with Crippen LogP contribution in [0, 0.1) is 0 Å². The Morgan fingerprint density at radius 3 is 2.55 bits per heavy atom. The molecule has 0 aliphatic rings. The van der Waals surface area contributed by atoms with E-state index in [0.29, 0.717) is 15.1 Å². The Kier molecular flexibility index (Phi) is 5.50. The summed E-state index contributed by atoms with van der Waals surface area (Å²) in [4.78, 5) is 0.0725. The van der Waals surface area contributed by atoms with Gasteiger partial charge in [0.2, 0.25) is 10.0 Å². The molecule has 2 aromatic carbocycles. The summed E-state index contributed by atoms with van der Waals surface area (Å²) in [5, 5.41) is 0.513. The minimum atomic E-state index is -3.75. The van der Waals surface area contributed by atoms with Crippen molar-refractivity contribution >= 4 is 37.6 Å². The smallest absolute Gasteiger partial charge is 0.244 e. The molecule has 0 unspecified atom stereocenters. The minimum Gasteiger partial charge on any atom is -0.495 e. The van der Waals surface area contributed by atoms with Crippen LogP contribution < -0.4 is 9.46 Å². The third kappa shape index (κ3) is 3.81. The van der Waals surface area contributed by atoms with Crippen LogP contribution in [0.1, 0.15) is 18.5 Å². The second-order valence-corrected chi connectivity index (χ2v) is 7.66. The van der Waals surface area contributed by atoms with E-state index in [9.17, 15) is 8.42 Å². The molecule has 0 heterocycles. The zero-order valence-corrected chi connectivity index (χ0v) is 15.2. The average Bonchev–Trinajstić information content (AvgIpc) is 2.47. The van der Waals surface area contributed by atoms with Crippen molar-refractivity contribution in [3.05, 3.63) is 57.5 Å². The van der Waals surface area contributed by atoms with Gasteiger partial charge >= 0.3 is 0 Å². The SMILES string of the molecule is COc1ccc(Br)cc1S(=O)(=O)N[C@@H](C)c1ccccc1Cl. The number of ether oxygens (including phenoxy) is 1. The third-order valence-corrected chi connectivity index (χ3v) is 5.52. The van der Waals surface area contributed by atoms with Crippen LogP contribution >= 0.6 is 27.5 Å². The Morgan fingerprint density at radius 1 is 1.23 bits per heavy atom. The predicted molar refractivity (Wildman–Crippen MR) is 90.9 cm³/mol. The van der Waals surface area contributed by atoms with E-state index in [4.69, 9.17) is 16.3 Å². The second kappa shape index (κ2) is 7.00. The molecule has 1 atom stereocenters. The molecule has 0 amide bonds. The number of hydrogen-bond acceptors (Lipinski definition) is 3. The lowest BCUT2D eigenvalue weighted by molar-refractivity contribution is 0.402. The van der Waals surface area contributed by atoms with Crippen molar-refractivity contribution in [1.29, 1.82) is 0 Å². The van der Waals surface area contributed by atoms with E-state index in [-0.39, 0.29) is 10.6 Å². The molecule has 0 bridgehead atoms. The van der Waals surface area contributed by atoms with Crippen molar-refractivity contribution in [2.45, 2.75) is 17.9 Å². The summed E-state index contributed by atoms with van der Waals surface area (Å²) >= 11 is 9.38. The van der Waals surface area contributed by atoms with Crippen molar-refractivity contribution in [3.8, 4) is 5.75 Å². The van der Waals surface area contributed by atoms with E-state index in [1.807, 2.05) is 6.07 Å². The maximum atomic E-state index is 12.6. The van der Waals surface area contributed by atoms with E-state index in [0.717, 1.165) is 0 Å². The molecule has 0 spiro atoms. The Balaban J connectivity index is 2.36. The first kappa shape index (κ1) is 17.3. The number of halogens is 2. The highest BCUT2D eigenvalue weighted by Gasteiger charge is 2.23. The molecule has 0 aliphatic heterocycles. The number of benzene rings is 2. The number of sulfonamides is 1. The lowest BCUT2D eigenvalue weighted by Gasteiger charge is -2.17. The van der Waals surface area contributed by atoms with Gasteiger partial charge in [-0.25, -0.2) is 13.1 Å². The minimum absolute atomic E-state index is 0.0725. The largest absolute Gasteiger partial charge is 0.495 e. The first-order valence-electron chi connectivity index (χ1n) is 6.45. The van der Waals surface area contributed by atoms with E-state index in [1.165, 1.54) is 13.2 Å². The number of rotatable bonds is 5. The van der Waals surface area contributed by atoms with Gasteiger partial charge in [0, 0.05) is 15.5 Å². The van der Waals surface area contributed by atoms with E-state index >= 15 is 0 Å². The molecule has 0 saturated carbocycles. The van der Waals surface area contributed by atoms with Crippen LogP contribution in [0.2, 0.25) is 5.02 Å². The Labute approximate surface area is 143 Å². The molecule has 4 nitrogen and oxygen atoms in total. The van der Waals surface area contributed by atoms with Crippen LogP contribution in [0.15, 0.2) is 51.8 Å². The van der Waals surface area contributed by atoms with Gasteiger partial charge in [-0.2, -0.15) is 0 Å². The van der Waals surface area contributed by atoms with Gasteiger partial charge in [0.15, 0.2) is 0 Å². The van der Waals surface area contributed by atoms with E-state index in [2.05, 4.69) is 20.7 Å². The molecule has 1 N–H and O–H groups in total. The molecular formula is C15H15BrClNO3S. The van der Waals surface area contributed by atoms with Crippen LogP contribution in [0.25, 0.3) is 0 Å². The predicted octanol–water partition coefficient (Wildman–Crippen LogP) is 4.15. The lowest BCUT2D eigenvalue weighted by atomic mass is 10.1. The Morgan fingerprint density at radius 2 is 1.91 bits per heavy atom. The van der Waals surface area contributed by atoms with Crippen LogP contribution in [-0.4, -0.2) is 15.5 Å². The number of hydrogen-bond donors (Lipinski definition) is 1. The molecule has 22 heavy (non-hydrogen) atoms. The molecule has 0 aliphatic carbocycles. The Bertz CT molecular complexity index is 780. The highest BCUT2D eigenvalue weighted by molar-refractivity contribution is 9.10. The van der Waals surface area contributed by atoms with E-state index < -0.39 is 16.1 Å². The molecule has 0 saturated heterocycles. The number of methoxy groups -OCH3 is 1. The fourth-order valence-corrected chi connectivity index (χ4v) is 4.28. The lowest BCUT2D eigenvalue weighted by Crippen LogP contribution is -2.27. The molecule has 2 aromatic rings. The van der Waals surface area contributed by atoms with Crippen LogP contribution in [-0.2, 0) is 10.0 Å². The highest BCUT2D eigenvalue weighted by Crippen LogP contribution is 2.29. The zero-order valence-electron chi connectivity index (χ0n) is 12.0. The third-order valence-electron chi connectivity index (χ3n) is 3.12. The van der Waals surface area contributed by atoms with Crippen LogP contribution in [0.5, 0.6) is 5.75 Å². The summed E-state index contributed by atoms with van der Waals surface area (Å²) in [6, 6.07) is 11.5. The molecule has 0 radical (unpaired) electrons. The van der Waals surface area contributed by atoms with Crippen molar-refractivity contribution in [3.63, 3.8) is 0 Å². The monoisotopic (exact) mass is 403 g/mol. The molecule has 7 heteroatoms. The van der Waals surface area contributed by atoms with E-state index in [1.54, 1.807) is 37.3 Å². The molecular weight excluding hydrogens is 390 g/mol. The molecule has 0 aromatic heterocycles. The quantitative estimate of drug-likeness (QED) is 0.814. The fourth-order valence-electron chi connectivity index (χ4n) is 2.05. The van der Waals surface area contributed by atoms with Crippen molar-refractivity contribution in [1.82, 2.24) is 4.72 Å². The van der Waals surface area contributed by atoms with Gasteiger partial charge in [-0.1, -0.05) is 45.7 Å². The standard InChI is InChI=1S/C15H15BrClNO3S/c1-10(12-5-3-4-6-13(12)17)18-22(19,20)15-9-11(16)7-8-14(15)21-2/h3-10,18H,1-2H3/t10-/m0/s1. The summed E-state index contributed by atoms with van der Waals surface area (Å²) in [7, 11) is -2.32. The maximum Gasteiger partial charge on any atom is 0.244 e. The van der Waals surface area contributed by atoms with Gasteiger partial charge in [-0.05, 0) is 36.8 Å². The Hall–Kier alpha value is -1.08. The highest BCUT2D eigenvalue weighted by atomic mass is 79.9. The van der Waals surface area contributed by atoms with Crippen molar-refractivity contribution in [2.75, 3.05) is 7.11 Å². The van der Waals surface area contributed by atoms with Crippen LogP contribution in [0.3, 0.4) is 0 Å². The van der Waals surface area contributed by atoms with Crippen LogP contribution in [0.4, 0.5) is 0 Å². The summed E-state index contributed by atoms with van der Waals surface area (Å²) in [5.41, 5.74) is 0.710. The van der Waals surface area contributed by atoms with Gasteiger partial charge in [-0.15, -0.1) is 0 Å². The van der Waals surface area contributed by atoms with Gasteiger partial charge in [0.05, 0.1) is 7.11 Å². The zero-order chi connectivity index (χ0) is 16.3. The average molecular weight is 405 g/mol. The molecule has 2 rings (SSSR count). The summed E-state index contributed by atoms with van der Waals surface area (Å²) < 4.78 is 33.6. The van der Waals surface area contributed by atoms with Gasteiger partial charge in [-0.3, -0.25) is 0 Å². The normalized spacial score (nSPS) is 12.9. The molecule has 0 fully saturated rings.